The zero-order valence-corrected chi connectivity index (χ0v) is 10.7. The van der Waals surface area contributed by atoms with E-state index in [-0.39, 0.29) is 18.6 Å². The number of hydrogen-bond acceptors (Lipinski definition) is 4. The zero-order chi connectivity index (χ0) is 13.9. The number of alkyl halides is 3. The van der Waals surface area contributed by atoms with E-state index < -0.39 is 17.2 Å². The Hall–Kier alpha value is -1.08. The molecule has 0 radical (unpaired) electrons. The van der Waals surface area contributed by atoms with Crippen LogP contribution in [0.2, 0.25) is 5.28 Å². The summed E-state index contributed by atoms with van der Waals surface area (Å²) in [7, 11) is 0. The predicted molar refractivity (Wildman–Crippen MR) is 61.1 cm³/mol. The lowest BCUT2D eigenvalue weighted by Crippen LogP contribution is -2.26. The maximum absolute atomic E-state index is 12.5. The predicted octanol–water partition coefficient (Wildman–Crippen LogP) is 3.10. The fourth-order valence-electron chi connectivity index (χ4n) is 1.73. The molecular formula is C11H12ClF3N2O2. The maximum Gasteiger partial charge on any atom is 0.433 e. The molecule has 1 fully saturated rings. The van der Waals surface area contributed by atoms with Crippen molar-refractivity contribution in [3.05, 3.63) is 17.0 Å². The largest absolute Gasteiger partial charge is 0.475 e. The third-order valence-corrected chi connectivity index (χ3v) is 2.83. The molecule has 1 aliphatic heterocycles. The quantitative estimate of drug-likeness (QED) is 0.804. The first-order chi connectivity index (χ1) is 8.95. The standard InChI is InChI=1S/C11H12ClF3N2O2/c12-10-16-8(11(13,14)15)5-9(17-10)19-6-7-3-1-2-4-18-7/h5,7H,1-4,6H2. The van der Waals surface area contributed by atoms with E-state index in [1.165, 1.54) is 0 Å². The lowest BCUT2D eigenvalue weighted by atomic mass is 10.1. The van der Waals surface area contributed by atoms with E-state index in [0.717, 1.165) is 25.3 Å². The molecule has 1 aromatic rings. The number of nitrogens with zero attached hydrogens (tertiary/aromatic N) is 2. The van der Waals surface area contributed by atoms with Crippen LogP contribution in [0.3, 0.4) is 0 Å². The van der Waals surface area contributed by atoms with Gasteiger partial charge in [0, 0.05) is 12.7 Å². The zero-order valence-electron chi connectivity index (χ0n) is 9.91. The van der Waals surface area contributed by atoms with Gasteiger partial charge in [-0.2, -0.15) is 18.2 Å². The average Bonchev–Trinajstić information content (AvgIpc) is 2.36. The molecule has 8 heteroatoms. The van der Waals surface area contributed by atoms with Crippen LogP contribution in [0.5, 0.6) is 5.88 Å². The molecule has 2 rings (SSSR count). The van der Waals surface area contributed by atoms with E-state index in [4.69, 9.17) is 21.1 Å². The van der Waals surface area contributed by atoms with Gasteiger partial charge in [-0.1, -0.05) is 0 Å². The van der Waals surface area contributed by atoms with Crippen LogP contribution in [0.1, 0.15) is 25.0 Å². The lowest BCUT2D eigenvalue weighted by Gasteiger charge is -2.22. The van der Waals surface area contributed by atoms with Crippen LogP contribution >= 0.6 is 11.6 Å². The van der Waals surface area contributed by atoms with E-state index in [1.807, 2.05) is 0 Å². The summed E-state index contributed by atoms with van der Waals surface area (Å²) in [5.41, 5.74) is -1.12. The van der Waals surface area contributed by atoms with Crippen molar-refractivity contribution in [3.63, 3.8) is 0 Å². The summed E-state index contributed by atoms with van der Waals surface area (Å²) in [6, 6.07) is 0.731. The fourth-order valence-corrected chi connectivity index (χ4v) is 1.91. The van der Waals surface area contributed by atoms with Gasteiger partial charge in [-0.3, -0.25) is 0 Å². The Kier molecular flexibility index (Phi) is 4.46. The molecular weight excluding hydrogens is 285 g/mol. The number of halogens is 4. The molecule has 0 amide bonds. The topological polar surface area (TPSA) is 44.2 Å². The van der Waals surface area contributed by atoms with E-state index in [1.54, 1.807) is 0 Å². The first kappa shape index (κ1) is 14.3. The molecule has 0 N–H and O–H groups in total. The summed E-state index contributed by atoms with van der Waals surface area (Å²) >= 11 is 5.44. The summed E-state index contributed by atoms with van der Waals surface area (Å²) in [5, 5.41) is -0.491. The minimum atomic E-state index is -4.58. The highest BCUT2D eigenvalue weighted by molar-refractivity contribution is 6.28. The number of rotatable bonds is 3. The van der Waals surface area contributed by atoms with Crippen LogP contribution in [-0.2, 0) is 10.9 Å². The molecule has 0 aromatic carbocycles. The smallest absolute Gasteiger partial charge is 0.433 e. The Morgan fingerprint density at radius 3 is 2.79 bits per heavy atom. The van der Waals surface area contributed by atoms with Gasteiger partial charge in [0.05, 0.1) is 6.10 Å². The van der Waals surface area contributed by atoms with Crippen molar-refractivity contribution in [1.82, 2.24) is 9.97 Å². The van der Waals surface area contributed by atoms with Crippen molar-refractivity contribution < 1.29 is 22.6 Å². The van der Waals surface area contributed by atoms with Gasteiger partial charge in [0.25, 0.3) is 0 Å². The molecule has 1 unspecified atom stereocenters. The van der Waals surface area contributed by atoms with Crippen molar-refractivity contribution in [2.45, 2.75) is 31.5 Å². The number of hydrogen-bond donors (Lipinski definition) is 0. The van der Waals surface area contributed by atoms with Crippen molar-refractivity contribution >= 4 is 11.6 Å². The van der Waals surface area contributed by atoms with E-state index in [0.29, 0.717) is 6.61 Å². The molecule has 0 saturated carbocycles. The molecule has 4 nitrogen and oxygen atoms in total. The highest BCUT2D eigenvalue weighted by Crippen LogP contribution is 2.30. The van der Waals surface area contributed by atoms with Gasteiger partial charge in [0.15, 0.2) is 5.69 Å². The van der Waals surface area contributed by atoms with E-state index in [9.17, 15) is 13.2 Å². The first-order valence-corrected chi connectivity index (χ1v) is 6.19. The highest BCUT2D eigenvalue weighted by Gasteiger charge is 2.34. The molecule has 19 heavy (non-hydrogen) atoms. The van der Waals surface area contributed by atoms with E-state index >= 15 is 0 Å². The van der Waals surface area contributed by atoms with Gasteiger partial charge in [-0.05, 0) is 30.9 Å². The normalized spacial score (nSPS) is 20.3. The Bertz CT molecular complexity index is 436. The molecule has 0 spiro atoms. The van der Waals surface area contributed by atoms with Gasteiger partial charge in [0.2, 0.25) is 11.2 Å². The third-order valence-electron chi connectivity index (χ3n) is 2.66. The summed E-state index contributed by atoms with van der Waals surface area (Å²) < 4.78 is 48.1. The Balaban J connectivity index is 2.01. The van der Waals surface area contributed by atoms with Crippen LogP contribution < -0.4 is 4.74 Å². The molecule has 2 heterocycles. The van der Waals surface area contributed by atoms with Crippen LogP contribution in [0, 0.1) is 0 Å². The van der Waals surface area contributed by atoms with Crippen molar-refractivity contribution in [1.29, 1.82) is 0 Å². The molecule has 106 valence electrons. The molecule has 1 atom stereocenters. The SMILES string of the molecule is FC(F)(F)c1cc(OCC2CCCCO2)nc(Cl)n1. The van der Waals surface area contributed by atoms with Crippen LogP contribution in [0.15, 0.2) is 6.07 Å². The first-order valence-electron chi connectivity index (χ1n) is 5.81. The summed E-state index contributed by atoms with van der Waals surface area (Å²) in [4.78, 5) is 6.73. The summed E-state index contributed by atoms with van der Waals surface area (Å²) in [6.45, 7) is 0.803. The number of ether oxygens (including phenoxy) is 2. The minimum Gasteiger partial charge on any atom is -0.475 e. The highest BCUT2D eigenvalue weighted by atomic mass is 35.5. The molecule has 1 aromatic heterocycles. The monoisotopic (exact) mass is 296 g/mol. The summed E-state index contributed by atoms with van der Waals surface area (Å²) in [6.07, 6.45) is -1.85. The minimum absolute atomic E-state index is 0.114. The van der Waals surface area contributed by atoms with Crippen LogP contribution in [-0.4, -0.2) is 29.3 Å². The maximum atomic E-state index is 12.5. The van der Waals surface area contributed by atoms with Gasteiger partial charge in [0.1, 0.15) is 6.61 Å². The fraction of sp³-hybridized carbons (Fsp3) is 0.636. The average molecular weight is 297 g/mol. The lowest BCUT2D eigenvalue weighted by molar-refractivity contribution is -0.141. The van der Waals surface area contributed by atoms with Gasteiger partial charge in [-0.15, -0.1) is 0 Å². The van der Waals surface area contributed by atoms with Gasteiger partial charge >= 0.3 is 6.18 Å². The van der Waals surface area contributed by atoms with Crippen molar-refractivity contribution in [2.24, 2.45) is 0 Å². The van der Waals surface area contributed by atoms with Gasteiger partial charge < -0.3 is 9.47 Å². The second kappa shape index (κ2) is 5.92. The number of aromatic nitrogens is 2. The Labute approximate surface area is 112 Å². The molecule has 1 aliphatic rings. The van der Waals surface area contributed by atoms with Gasteiger partial charge in [-0.25, -0.2) is 4.98 Å². The molecule has 1 saturated heterocycles. The molecule has 0 bridgehead atoms. The molecule has 0 aliphatic carbocycles. The Morgan fingerprint density at radius 1 is 1.37 bits per heavy atom. The second-order valence-electron chi connectivity index (χ2n) is 4.16. The second-order valence-corrected chi connectivity index (χ2v) is 4.50. The Morgan fingerprint density at radius 2 is 2.16 bits per heavy atom. The van der Waals surface area contributed by atoms with Crippen LogP contribution in [0.4, 0.5) is 13.2 Å². The van der Waals surface area contributed by atoms with E-state index in [2.05, 4.69) is 9.97 Å². The third kappa shape index (κ3) is 4.21. The summed E-state index contributed by atoms with van der Waals surface area (Å²) in [5.74, 6) is -0.193. The van der Waals surface area contributed by atoms with Crippen molar-refractivity contribution in [3.8, 4) is 5.88 Å². The van der Waals surface area contributed by atoms with Crippen LogP contribution in [0.25, 0.3) is 0 Å². The van der Waals surface area contributed by atoms with Crippen molar-refractivity contribution in [2.75, 3.05) is 13.2 Å².